The van der Waals surface area contributed by atoms with E-state index in [0.717, 1.165) is 11.1 Å². The minimum atomic E-state index is -1.18. The molecule has 0 saturated heterocycles. The van der Waals surface area contributed by atoms with Crippen LogP contribution in [0.3, 0.4) is 0 Å². The fourth-order valence-electron chi connectivity index (χ4n) is 2.75. The molecule has 4 nitrogen and oxygen atoms in total. The van der Waals surface area contributed by atoms with Crippen molar-refractivity contribution in [1.29, 1.82) is 0 Å². The number of hydrogen-bond donors (Lipinski definition) is 0. The Morgan fingerprint density at radius 1 is 1.30 bits per heavy atom. The molecule has 1 aromatic carbocycles. The zero-order valence-corrected chi connectivity index (χ0v) is 11.7. The third-order valence-electron chi connectivity index (χ3n) is 3.85. The number of hydrogen-bond acceptors (Lipinski definition) is 4. The summed E-state index contributed by atoms with van der Waals surface area (Å²) >= 11 is 0. The highest BCUT2D eigenvalue weighted by molar-refractivity contribution is 6.05. The molecule has 1 aliphatic carbocycles. The van der Waals surface area contributed by atoms with Gasteiger partial charge < -0.3 is 9.47 Å². The number of rotatable bonds is 5. The van der Waals surface area contributed by atoms with Crippen LogP contribution in [-0.4, -0.2) is 26.2 Å². The van der Waals surface area contributed by atoms with Gasteiger partial charge in [0, 0.05) is 5.92 Å². The molecule has 2 rings (SSSR count). The molecule has 4 heteroatoms. The van der Waals surface area contributed by atoms with Gasteiger partial charge in [-0.2, -0.15) is 0 Å². The molecule has 0 N–H and O–H groups in total. The number of carbonyl (C=O) groups is 2. The Hall–Kier alpha value is -2.10. The van der Waals surface area contributed by atoms with E-state index in [4.69, 9.17) is 9.47 Å². The predicted molar refractivity (Wildman–Crippen MR) is 74.2 cm³/mol. The lowest BCUT2D eigenvalue weighted by Crippen LogP contribution is -2.30. The summed E-state index contributed by atoms with van der Waals surface area (Å²) in [5.41, 5.74) is 0.881. The SMILES string of the molecule is C=CCc1ccccc1C1CC1(C(=O)OC)C(=O)OC. The van der Waals surface area contributed by atoms with Crippen LogP contribution in [0.5, 0.6) is 0 Å². The maximum absolute atomic E-state index is 12.0. The van der Waals surface area contributed by atoms with Gasteiger partial charge in [0.2, 0.25) is 0 Å². The van der Waals surface area contributed by atoms with Crippen LogP contribution in [0.2, 0.25) is 0 Å². The number of ether oxygens (including phenoxy) is 2. The maximum atomic E-state index is 12.0. The van der Waals surface area contributed by atoms with Crippen LogP contribution in [0.25, 0.3) is 0 Å². The molecule has 0 aliphatic heterocycles. The van der Waals surface area contributed by atoms with Gasteiger partial charge in [0.1, 0.15) is 0 Å². The molecule has 0 radical (unpaired) electrons. The molecule has 20 heavy (non-hydrogen) atoms. The van der Waals surface area contributed by atoms with E-state index in [9.17, 15) is 9.59 Å². The van der Waals surface area contributed by atoms with Crippen molar-refractivity contribution in [3.63, 3.8) is 0 Å². The Morgan fingerprint density at radius 3 is 2.45 bits per heavy atom. The first kappa shape index (κ1) is 14.3. The average Bonchev–Trinajstić information content (AvgIpc) is 3.23. The summed E-state index contributed by atoms with van der Waals surface area (Å²) in [5, 5.41) is 0. The molecular formula is C16H18O4. The molecule has 0 bridgehead atoms. The monoisotopic (exact) mass is 274 g/mol. The normalized spacial score (nSPS) is 19.0. The van der Waals surface area contributed by atoms with E-state index < -0.39 is 17.4 Å². The van der Waals surface area contributed by atoms with Crippen LogP contribution < -0.4 is 0 Å². The van der Waals surface area contributed by atoms with Crippen LogP contribution in [0.1, 0.15) is 23.5 Å². The molecule has 1 aromatic rings. The lowest BCUT2D eigenvalue weighted by Gasteiger charge is -2.14. The smallest absolute Gasteiger partial charge is 0.323 e. The van der Waals surface area contributed by atoms with E-state index >= 15 is 0 Å². The zero-order valence-electron chi connectivity index (χ0n) is 11.7. The third kappa shape index (κ3) is 2.11. The van der Waals surface area contributed by atoms with Gasteiger partial charge >= 0.3 is 11.9 Å². The van der Waals surface area contributed by atoms with Gasteiger partial charge in [-0.05, 0) is 24.0 Å². The largest absolute Gasteiger partial charge is 0.468 e. The fourth-order valence-corrected chi connectivity index (χ4v) is 2.75. The Morgan fingerprint density at radius 2 is 1.90 bits per heavy atom. The molecule has 1 fully saturated rings. The van der Waals surface area contributed by atoms with Crippen molar-refractivity contribution >= 4 is 11.9 Å². The van der Waals surface area contributed by atoms with Crippen molar-refractivity contribution in [3.8, 4) is 0 Å². The number of carbonyl (C=O) groups excluding carboxylic acids is 2. The van der Waals surface area contributed by atoms with Crippen LogP contribution in [-0.2, 0) is 25.5 Å². The summed E-state index contributed by atoms with van der Waals surface area (Å²) in [7, 11) is 2.58. The van der Waals surface area contributed by atoms with Gasteiger partial charge in [-0.25, -0.2) is 0 Å². The second-order valence-electron chi connectivity index (χ2n) is 4.90. The van der Waals surface area contributed by atoms with E-state index in [-0.39, 0.29) is 5.92 Å². The first-order valence-electron chi connectivity index (χ1n) is 6.47. The Kier molecular flexibility index (Phi) is 3.93. The minimum Gasteiger partial charge on any atom is -0.468 e. The molecule has 0 heterocycles. The van der Waals surface area contributed by atoms with Gasteiger partial charge in [-0.15, -0.1) is 6.58 Å². The van der Waals surface area contributed by atoms with Gasteiger partial charge in [-0.1, -0.05) is 30.3 Å². The minimum absolute atomic E-state index is 0.182. The summed E-state index contributed by atoms with van der Waals surface area (Å²) in [6.45, 7) is 3.73. The lowest BCUT2D eigenvalue weighted by molar-refractivity contribution is -0.161. The molecule has 106 valence electrons. The summed E-state index contributed by atoms with van der Waals surface area (Å²) in [6, 6.07) is 7.76. The van der Waals surface area contributed by atoms with Crippen molar-refractivity contribution in [2.45, 2.75) is 18.8 Å². The van der Waals surface area contributed by atoms with Gasteiger partial charge in [0.15, 0.2) is 5.41 Å². The van der Waals surface area contributed by atoms with Crippen molar-refractivity contribution < 1.29 is 19.1 Å². The second kappa shape index (κ2) is 5.49. The Labute approximate surface area is 118 Å². The molecule has 1 aliphatic rings. The first-order chi connectivity index (χ1) is 9.61. The quantitative estimate of drug-likeness (QED) is 0.469. The molecule has 1 unspecified atom stereocenters. The van der Waals surface area contributed by atoms with Crippen LogP contribution in [0.4, 0.5) is 0 Å². The number of allylic oxidation sites excluding steroid dienone is 1. The van der Waals surface area contributed by atoms with E-state index in [1.54, 1.807) is 6.08 Å². The Bertz CT molecular complexity index is 531. The third-order valence-corrected chi connectivity index (χ3v) is 3.85. The average molecular weight is 274 g/mol. The van der Waals surface area contributed by atoms with Gasteiger partial charge in [0.05, 0.1) is 14.2 Å². The first-order valence-corrected chi connectivity index (χ1v) is 6.47. The zero-order chi connectivity index (χ0) is 14.8. The second-order valence-corrected chi connectivity index (χ2v) is 4.90. The summed E-state index contributed by atoms with van der Waals surface area (Å²) in [5.74, 6) is -1.23. The maximum Gasteiger partial charge on any atom is 0.323 e. The van der Waals surface area contributed by atoms with E-state index in [1.165, 1.54) is 14.2 Å². The molecule has 0 aromatic heterocycles. The van der Waals surface area contributed by atoms with E-state index in [2.05, 4.69) is 6.58 Å². The topological polar surface area (TPSA) is 52.6 Å². The van der Waals surface area contributed by atoms with Crippen molar-refractivity contribution in [2.24, 2.45) is 5.41 Å². The van der Waals surface area contributed by atoms with Crippen LogP contribution in [0, 0.1) is 5.41 Å². The molecule has 1 saturated carbocycles. The highest BCUT2D eigenvalue weighted by atomic mass is 16.5. The number of benzene rings is 1. The Balaban J connectivity index is 2.38. The van der Waals surface area contributed by atoms with E-state index in [0.29, 0.717) is 12.8 Å². The summed E-state index contributed by atoms with van der Waals surface area (Å²) in [6.07, 6.45) is 2.94. The summed E-state index contributed by atoms with van der Waals surface area (Å²) in [4.78, 5) is 24.0. The standard InChI is InChI=1S/C16H18O4/c1-4-7-11-8-5-6-9-12(11)13-10-16(13,14(17)19-2)15(18)20-3/h4-6,8-9,13H,1,7,10H2,2-3H3. The van der Waals surface area contributed by atoms with Crippen LogP contribution >= 0.6 is 0 Å². The molecule has 1 atom stereocenters. The lowest BCUT2D eigenvalue weighted by atomic mass is 9.94. The summed E-state index contributed by atoms with van der Waals surface area (Å²) < 4.78 is 9.58. The van der Waals surface area contributed by atoms with Gasteiger partial charge in [-0.3, -0.25) is 9.59 Å². The van der Waals surface area contributed by atoms with Gasteiger partial charge in [0.25, 0.3) is 0 Å². The predicted octanol–water partition coefficient (Wildman–Crippen LogP) is 2.23. The van der Waals surface area contributed by atoms with Crippen molar-refractivity contribution in [3.05, 3.63) is 48.0 Å². The van der Waals surface area contributed by atoms with Crippen molar-refractivity contribution in [2.75, 3.05) is 14.2 Å². The van der Waals surface area contributed by atoms with Crippen LogP contribution in [0.15, 0.2) is 36.9 Å². The number of methoxy groups -OCH3 is 2. The number of esters is 2. The molecular weight excluding hydrogens is 256 g/mol. The molecule has 0 amide bonds. The highest BCUT2D eigenvalue weighted by Gasteiger charge is 2.68. The highest BCUT2D eigenvalue weighted by Crippen LogP contribution is 2.61. The van der Waals surface area contributed by atoms with Crippen molar-refractivity contribution in [1.82, 2.24) is 0 Å². The fraction of sp³-hybridized carbons (Fsp3) is 0.375. The molecule has 0 spiro atoms. The van der Waals surface area contributed by atoms with E-state index in [1.807, 2.05) is 24.3 Å².